The summed E-state index contributed by atoms with van der Waals surface area (Å²) >= 11 is 0. The first kappa shape index (κ1) is 17.4. The number of hydrogen-bond acceptors (Lipinski definition) is 4. The van der Waals surface area contributed by atoms with Crippen LogP contribution < -0.4 is 5.32 Å². The van der Waals surface area contributed by atoms with Crippen LogP contribution in [0.4, 0.5) is 0 Å². The van der Waals surface area contributed by atoms with E-state index >= 15 is 0 Å². The van der Waals surface area contributed by atoms with E-state index in [0.717, 1.165) is 0 Å². The number of ether oxygens (including phenoxy) is 3. The molecule has 0 aromatic carbocycles. The van der Waals surface area contributed by atoms with E-state index in [2.05, 4.69) is 5.32 Å². The van der Waals surface area contributed by atoms with Gasteiger partial charge in [-0.05, 0) is 34.6 Å². The summed E-state index contributed by atoms with van der Waals surface area (Å²) in [6, 6.07) is 0. The number of carbonyl (C=O) groups excluding carboxylic acids is 1. The topological polar surface area (TPSA) is 56.8 Å². The third-order valence-corrected chi connectivity index (χ3v) is 1.80. The summed E-state index contributed by atoms with van der Waals surface area (Å²) in [6.07, 6.45) is 0.228. The van der Waals surface area contributed by atoms with E-state index in [1.807, 2.05) is 34.6 Å². The Balaban J connectivity index is 3.28. The van der Waals surface area contributed by atoms with Gasteiger partial charge >= 0.3 is 0 Å². The zero-order chi connectivity index (χ0) is 14.0. The van der Waals surface area contributed by atoms with E-state index in [9.17, 15) is 4.79 Å². The lowest BCUT2D eigenvalue weighted by Crippen LogP contribution is -2.42. The summed E-state index contributed by atoms with van der Waals surface area (Å²) in [6.45, 7) is 11.9. The standard InChI is InChI=1S/C13H27NO4/c1-11(2)18-9-8-16-6-7-17-10-12(15)14-13(3,4)5/h11H,6-10H2,1-5H3,(H,14,15). The maximum atomic E-state index is 11.4. The molecule has 0 radical (unpaired) electrons. The average Bonchev–Trinajstić information content (AvgIpc) is 2.18. The summed E-state index contributed by atoms with van der Waals surface area (Å²) in [4.78, 5) is 11.4. The number of carbonyl (C=O) groups is 1. The molecule has 0 aromatic rings. The quantitative estimate of drug-likeness (QED) is 0.637. The SMILES string of the molecule is CC(C)OCCOCCOCC(=O)NC(C)(C)C. The maximum absolute atomic E-state index is 11.4. The molecule has 0 unspecified atom stereocenters. The fourth-order valence-electron chi connectivity index (χ4n) is 1.18. The molecule has 5 nitrogen and oxygen atoms in total. The Hall–Kier alpha value is -0.650. The van der Waals surface area contributed by atoms with Crippen LogP contribution in [-0.2, 0) is 19.0 Å². The first-order valence-electron chi connectivity index (χ1n) is 6.39. The maximum Gasteiger partial charge on any atom is 0.246 e. The molecule has 0 bridgehead atoms. The highest BCUT2D eigenvalue weighted by atomic mass is 16.5. The number of amides is 1. The molecule has 5 heteroatoms. The van der Waals surface area contributed by atoms with Crippen LogP contribution in [0.1, 0.15) is 34.6 Å². The van der Waals surface area contributed by atoms with Gasteiger partial charge < -0.3 is 19.5 Å². The zero-order valence-electron chi connectivity index (χ0n) is 12.2. The lowest BCUT2D eigenvalue weighted by molar-refractivity contribution is -0.127. The number of hydrogen-bond donors (Lipinski definition) is 1. The largest absolute Gasteiger partial charge is 0.377 e. The van der Waals surface area contributed by atoms with Crippen molar-refractivity contribution in [2.75, 3.05) is 33.0 Å². The second-order valence-electron chi connectivity index (χ2n) is 5.38. The molecule has 0 saturated heterocycles. The van der Waals surface area contributed by atoms with Crippen LogP contribution in [0.25, 0.3) is 0 Å². The van der Waals surface area contributed by atoms with Gasteiger partial charge in [0.15, 0.2) is 0 Å². The summed E-state index contributed by atoms with van der Waals surface area (Å²) in [5.74, 6) is -0.106. The lowest BCUT2D eigenvalue weighted by Gasteiger charge is -2.20. The molecular weight excluding hydrogens is 234 g/mol. The first-order chi connectivity index (χ1) is 8.31. The van der Waals surface area contributed by atoms with Gasteiger partial charge in [-0.25, -0.2) is 0 Å². The molecule has 0 atom stereocenters. The van der Waals surface area contributed by atoms with Crippen molar-refractivity contribution in [1.82, 2.24) is 5.32 Å². The molecule has 108 valence electrons. The van der Waals surface area contributed by atoms with Gasteiger partial charge in [-0.3, -0.25) is 4.79 Å². The predicted octanol–water partition coefficient (Wildman–Crippen LogP) is 1.36. The van der Waals surface area contributed by atoms with Gasteiger partial charge in [-0.15, -0.1) is 0 Å². The molecule has 0 fully saturated rings. The van der Waals surface area contributed by atoms with Crippen molar-refractivity contribution in [2.24, 2.45) is 0 Å². The second-order valence-corrected chi connectivity index (χ2v) is 5.38. The average molecular weight is 261 g/mol. The molecule has 0 aromatic heterocycles. The highest BCUT2D eigenvalue weighted by Crippen LogP contribution is 1.97. The van der Waals surface area contributed by atoms with Crippen LogP contribution in [0, 0.1) is 0 Å². The molecule has 18 heavy (non-hydrogen) atoms. The Morgan fingerprint density at radius 2 is 1.61 bits per heavy atom. The summed E-state index contributed by atoms with van der Waals surface area (Å²) in [5, 5.41) is 2.82. The Bertz CT molecular complexity index is 224. The van der Waals surface area contributed by atoms with Gasteiger partial charge in [0, 0.05) is 5.54 Å². The van der Waals surface area contributed by atoms with Gasteiger partial charge in [0.25, 0.3) is 0 Å². The molecule has 0 heterocycles. The van der Waals surface area contributed by atoms with E-state index in [0.29, 0.717) is 26.4 Å². The van der Waals surface area contributed by atoms with Gasteiger partial charge in [0.2, 0.25) is 5.91 Å². The fourth-order valence-corrected chi connectivity index (χ4v) is 1.18. The summed E-state index contributed by atoms with van der Waals surface area (Å²) in [5.41, 5.74) is -0.217. The molecule has 1 N–H and O–H groups in total. The molecule has 0 saturated carbocycles. The zero-order valence-corrected chi connectivity index (χ0v) is 12.2. The second kappa shape index (κ2) is 9.30. The predicted molar refractivity (Wildman–Crippen MR) is 70.6 cm³/mol. The van der Waals surface area contributed by atoms with E-state index < -0.39 is 0 Å². The van der Waals surface area contributed by atoms with Crippen molar-refractivity contribution in [3.8, 4) is 0 Å². The summed E-state index contributed by atoms with van der Waals surface area (Å²) < 4.78 is 15.8. The lowest BCUT2D eigenvalue weighted by atomic mass is 10.1. The third kappa shape index (κ3) is 13.4. The number of rotatable bonds is 9. The highest BCUT2D eigenvalue weighted by molar-refractivity contribution is 5.77. The van der Waals surface area contributed by atoms with Crippen molar-refractivity contribution in [1.29, 1.82) is 0 Å². The molecule has 0 aliphatic heterocycles. The van der Waals surface area contributed by atoms with Crippen LogP contribution in [0.2, 0.25) is 0 Å². The normalized spacial score (nSPS) is 11.9. The van der Waals surface area contributed by atoms with Gasteiger partial charge in [-0.1, -0.05) is 0 Å². The van der Waals surface area contributed by atoms with E-state index in [1.165, 1.54) is 0 Å². The van der Waals surface area contributed by atoms with E-state index in [1.54, 1.807) is 0 Å². The smallest absolute Gasteiger partial charge is 0.246 e. The highest BCUT2D eigenvalue weighted by Gasteiger charge is 2.13. The third-order valence-electron chi connectivity index (χ3n) is 1.80. The molecule has 0 spiro atoms. The Labute approximate surface area is 110 Å². The Kier molecular flexibility index (Phi) is 8.97. The van der Waals surface area contributed by atoms with Crippen LogP contribution in [0.3, 0.4) is 0 Å². The number of nitrogens with one attached hydrogen (secondary N) is 1. The molecule has 0 rings (SSSR count). The summed E-state index contributed by atoms with van der Waals surface area (Å²) in [7, 11) is 0. The molecule has 0 aliphatic rings. The van der Waals surface area contributed by atoms with Crippen molar-refractivity contribution in [3.63, 3.8) is 0 Å². The molecular formula is C13H27NO4. The van der Waals surface area contributed by atoms with Crippen LogP contribution in [0.5, 0.6) is 0 Å². The minimum absolute atomic E-state index is 0.0725. The van der Waals surface area contributed by atoms with Crippen molar-refractivity contribution >= 4 is 5.91 Å². The van der Waals surface area contributed by atoms with Gasteiger partial charge in [-0.2, -0.15) is 0 Å². The van der Waals surface area contributed by atoms with Gasteiger partial charge in [0.1, 0.15) is 6.61 Å². The monoisotopic (exact) mass is 261 g/mol. The van der Waals surface area contributed by atoms with Crippen LogP contribution in [0.15, 0.2) is 0 Å². The van der Waals surface area contributed by atoms with Crippen molar-refractivity contribution in [3.05, 3.63) is 0 Å². The van der Waals surface area contributed by atoms with Crippen LogP contribution >= 0.6 is 0 Å². The van der Waals surface area contributed by atoms with Crippen molar-refractivity contribution < 1.29 is 19.0 Å². The first-order valence-corrected chi connectivity index (χ1v) is 6.39. The minimum atomic E-state index is -0.217. The van der Waals surface area contributed by atoms with E-state index in [-0.39, 0.29) is 24.2 Å². The van der Waals surface area contributed by atoms with Gasteiger partial charge in [0.05, 0.1) is 32.5 Å². The molecule has 0 aliphatic carbocycles. The van der Waals surface area contributed by atoms with Crippen molar-refractivity contribution in [2.45, 2.75) is 46.3 Å². The van der Waals surface area contributed by atoms with Crippen LogP contribution in [-0.4, -0.2) is 50.6 Å². The van der Waals surface area contributed by atoms with E-state index in [4.69, 9.17) is 14.2 Å². The Morgan fingerprint density at radius 1 is 1.06 bits per heavy atom. The minimum Gasteiger partial charge on any atom is -0.377 e. The fraction of sp³-hybridized carbons (Fsp3) is 0.923. The molecule has 1 amide bonds. The Morgan fingerprint density at radius 3 is 2.17 bits per heavy atom.